The molecular formula is C26H36N2O6S2. The van der Waals surface area contributed by atoms with Gasteiger partial charge in [-0.1, -0.05) is 70.6 Å². The van der Waals surface area contributed by atoms with Crippen LogP contribution in [0.5, 0.6) is 11.5 Å². The number of aryl methyl sites for hydroxylation is 1. The number of nitrogens with zero attached hydrogens (tertiary/aromatic N) is 2. The van der Waals surface area contributed by atoms with Gasteiger partial charge in [0.2, 0.25) is 0 Å². The summed E-state index contributed by atoms with van der Waals surface area (Å²) in [5.41, 5.74) is 9.91. The van der Waals surface area contributed by atoms with E-state index in [2.05, 4.69) is 18.6 Å². The van der Waals surface area contributed by atoms with Gasteiger partial charge in [-0.2, -0.15) is 0 Å². The van der Waals surface area contributed by atoms with Crippen LogP contribution in [0.2, 0.25) is 0 Å². The number of unbranched alkanes of at least 4 members (excludes halogenated alkanes) is 6. The summed E-state index contributed by atoms with van der Waals surface area (Å²) >= 11 is 0. The first-order valence-electron chi connectivity index (χ1n) is 12.4. The van der Waals surface area contributed by atoms with E-state index in [1.54, 1.807) is 6.07 Å². The average molecular weight is 537 g/mol. The molecule has 0 fully saturated rings. The van der Waals surface area contributed by atoms with Crippen LogP contribution in [0.15, 0.2) is 52.3 Å². The zero-order valence-electron chi connectivity index (χ0n) is 21.3. The fourth-order valence-electron chi connectivity index (χ4n) is 3.64. The average Bonchev–Trinajstić information content (AvgIpc) is 2.84. The summed E-state index contributed by atoms with van der Waals surface area (Å²) < 4.78 is 63.6. The maximum Gasteiger partial charge on any atom is 0.504 e. The van der Waals surface area contributed by atoms with E-state index in [9.17, 15) is 22.4 Å². The molecular weight excluding hydrogens is 500 g/mol. The van der Waals surface area contributed by atoms with Gasteiger partial charge >= 0.3 is 4.38 Å². The summed E-state index contributed by atoms with van der Waals surface area (Å²) in [4.78, 5) is 2.09. The third-order valence-electron chi connectivity index (χ3n) is 5.65. The highest BCUT2D eigenvalue weighted by molar-refractivity contribution is 8.31. The van der Waals surface area contributed by atoms with Gasteiger partial charge in [-0.3, -0.25) is 0 Å². The minimum Gasteiger partial charge on any atom is -0.493 e. The predicted molar refractivity (Wildman–Crippen MR) is 140 cm³/mol. The molecule has 2 rings (SSSR count). The molecule has 0 saturated carbocycles. The van der Waals surface area contributed by atoms with Crippen molar-refractivity contribution in [2.45, 2.75) is 81.9 Å². The van der Waals surface area contributed by atoms with Crippen molar-refractivity contribution in [1.29, 1.82) is 0 Å². The van der Waals surface area contributed by atoms with Crippen LogP contribution in [0.3, 0.4) is 0 Å². The molecule has 0 aliphatic heterocycles. The molecule has 0 radical (unpaired) electrons. The third kappa shape index (κ3) is 7.66. The zero-order chi connectivity index (χ0) is 26.6. The lowest BCUT2D eigenvalue weighted by Gasteiger charge is -2.13. The lowest BCUT2D eigenvalue weighted by atomic mass is 10.2. The van der Waals surface area contributed by atoms with Crippen LogP contribution in [0.25, 0.3) is 5.53 Å². The molecule has 10 heteroatoms. The number of hydrogen-bond acceptors (Lipinski definition) is 6. The SMILES string of the molecule is CCCCCCOc1ccc(S(=O)(=O)C(=[N+]=[N-])S(=O)(=O)c2ccccc2C)c(OCCCCCC)c1. The maximum atomic E-state index is 13.5. The monoisotopic (exact) mass is 536 g/mol. The van der Waals surface area contributed by atoms with Crippen molar-refractivity contribution in [1.82, 2.24) is 0 Å². The van der Waals surface area contributed by atoms with E-state index >= 15 is 0 Å². The molecule has 0 unspecified atom stereocenters. The minimum atomic E-state index is -4.77. The van der Waals surface area contributed by atoms with E-state index in [1.807, 2.05) is 0 Å². The second-order valence-corrected chi connectivity index (χ2v) is 12.5. The van der Waals surface area contributed by atoms with Crippen LogP contribution in [-0.2, 0) is 19.7 Å². The van der Waals surface area contributed by atoms with Gasteiger partial charge in [-0.25, -0.2) is 16.8 Å². The van der Waals surface area contributed by atoms with Crippen molar-refractivity contribution in [2.75, 3.05) is 13.2 Å². The number of benzene rings is 2. The number of ether oxygens (including phenoxy) is 2. The molecule has 0 heterocycles. The fraction of sp³-hybridized carbons (Fsp3) is 0.500. The quantitative estimate of drug-likeness (QED) is 0.0996. The first-order valence-corrected chi connectivity index (χ1v) is 15.3. The van der Waals surface area contributed by atoms with Gasteiger partial charge in [0.15, 0.2) is 0 Å². The molecule has 0 spiro atoms. The van der Waals surface area contributed by atoms with E-state index in [0.717, 1.165) is 44.9 Å². The Bertz CT molecular complexity index is 1270. The first-order chi connectivity index (χ1) is 17.2. The van der Waals surface area contributed by atoms with E-state index in [1.165, 1.54) is 43.3 Å². The third-order valence-corrected chi connectivity index (χ3v) is 10.0. The Kier molecular flexibility index (Phi) is 11.6. The Hall–Kier alpha value is -2.68. The van der Waals surface area contributed by atoms with Gasteiger partial charge in [0.25, 0.3) is 19.7 Å². The normalized spacial score (nSPS) is 11.6. The summed E-state index contributed by atoms with van der Waals surface area (Å²) in [6, 6.07) is 10.0. The van der Waals surface area contributed by atoms with Crippen molar-refractivity contribution in [3.05, 3.63) is 53.6 Å². The van der Waals surface area contributed by atoms with Crippen LogP contribution >= 0.6 is 0 Å². The fourth-order valence-corrected chi connectivity index (χ4v) is 7.31. The predicted octanol–water partition coefficient (Wildman–Crippen LogP) is 5.75. The van der Waals surface area contributed by atoms with Gasteiger partial charge in [-0.05, 0) is 43.5 Å². The molecule has 0 aromatic heterocycles. The van der Waals surface area contributed by atoms with Crippen molar-refractivity contribution in [2.24, 2.45) is 0 Å². The minimum absolute atomic E-state index is 0.0429. The summed E-state index contributed by atoms with van der Waals surface area (Å²) in [5, 5.41) is 0. The number of hydrogen-bond donors (Lipinski definition) is 0. The molecule has 2 aromatic carbocycles. The highest BCUT2D eigenvalue weighted by atomic mass is 32.3. The smallest absolute Gasteiger partial charge is 0.493 e. The molecule has 198 valence electrons. The Labute approximate surface area is 215 Å². The molecule has 0 saturated heterocycles. The van der Waals surface area contributed by atoms with Crippen LogP contribution < -0.4 is 9.47 Å². The first kappa shape index (κ1) is 29.5. The lowest BCUT2D eigenvalue weighted by molar-refractivity contribution is 0.00378. The van der Waals surface area contributed by atoms with Crippen LogP contribution in [-0.4, -0.2) is 39.2 Å². The second kappa shape index (κ2) is 14.2. The van der Waals surface area contributed by atoms with Gasteiger partial charge in [0.05, 0.1) is 18.1 Å². The largest absolute Gasteiger partial charge is 0.504 e. The van der Waals surface area contributed by atoms with E-state index < -0.39 is 28.9 Å². The second-order valence-electron chi connectivity index (χ2n) is 8.57. The van der Waals surface area contributed by atoms with E-state index in [0.29, 0.717) is 24.3 Å². The van der Waals surface area contributed by atoms with E-state index in [-0.39, 0.29) is 17.3 Å². The zero-order valence-corrected chi connectivity index (χ0v) is 22.9. The Morgan fingerprint density at radius 1 is 0.778 bits per heavy atom. The van der Waals surface area contributed by atoms with Crippen molar-refractivity contribution in [3.8, 4) is 11.5 Å². The van der Waals surface area contributed by atoms with Gasteiger partial charge < -0.3 is 15.0 Å². The lowest BCUT2D eigenvalue weighted by Crippen LogP contribution is -2.27. The molecule has 0 amide bonds. The summed E-state index contributed by atoms with van der Waals surface area (Å²) in [5.74, 6) is 0.372. The van der Waals surface area contributed by atoms with Crippen molar-refractivity contribution < 1.29 is 31.1 Å². The van der Waals surface area contributed by atoms with Crippen LogP contribution in [0.4, 0.5) is 0 Å². The standard InChI is InChI=1S/C26H36N2O6S2/c1-4-6-8-12-18-33-22-16-17-25(23(20-22)34-19-13-9-7-5-2)36(31,32)26(28-27)35(29,30)24-15-11-10-14-21(24)3/h10-11,14-17,20H,4-9,12-13,18-19H2,1-3H3. The van der Waals surface area contributed by atoms with Crippen molar-refractivity contribution in [3.63, 3.8) is 0 Å². The molecule has 0 atom stereocenters. The number of sulfone groups is 2. The molecule has 0 aliphatic carbocycles. The van der Waals surface area contributed by atoms with Crippen molar-refractivity contribution >= 4 is 24.1 Å². The molecule has 0 N–H and O–H groups in total. The molecule has 36 heavy (non-hydrogen) atoms. The maximum absolute atomic E-state index is 13.5. The highest BCUT2D eigenvalue weighted by Gasteiger charge is 2.46. The summed E-state index contributed by atoms with van der Waals surface area (Å²) in [6.45, 7) is 6.45. The highest BCUT2D eigenvalue weighted by Crippen LogP contribution is 2.32. The van der Waals surface area contributed by atoms with Crippen LogP contribution in [0.1, 0.15) is 70.8 Å². The Morgan fingerprint density at radius 3 is 1.94 bits per heavy atom. The molecule has 0 aliphatic rings. The van der Waals surface area contributed by atoms with Gasteiger partial charge in [-0.15, -0.1) is 4.79 Å². The number of rotatable bonds is 14. The Morgan fingerprint density at radius 2 is 1.36 bits per heavy atom. The molecule has 8 nitrogen and oxygen atoms in total. The Balaban J connectivity index is 2.43. The molecule has 2 aromatic rings. The van der Waals surface area contributed by atoms with Gasteiger partial charge in [0, 0.05) is 6.07 Å². The van der Waals surface area contributed by atoms with E-state index in [4.69, 9.17) is 9.47 Å². The topological polar surface area (TPSA) is 123 Å². The van der Waals surface area contributed by atoms with Crippen LogP contribution in [0, 0.1) is 6.92 Å². The molecule has 0 bridgehead atoms. The summed E-state index contributed by atoms with van der Waals surface area (Å²) in [7, 11) is -9.41. The van der Waals surface area contributed by atoms with Gasteiger partial charge in [0.1, 0.15) is 16.4 Å². The summed E-state index contributed by atoms with van der Waals surface area (Å²) in [6.07, 6.45) is 7.76.